The Morgan fingerprint density at radius 3 is 2.53 bits per heavy atom. The Kier molecular flexibility index (Phi) is 5.76. The lowest BCUT2D eigenvalue weighted by Crippen LogP contribution is -2.51. The van der Waals surface area contributed by atoms with Crippen LogP contribution < -0.4 is 10.5 Å². The van der Waals surface area contributed by atoms with E-state index in [1.54, 1.807) is 11.8 Å². The highest BCUT2D eigenvalue weighted by Crippen LogP contribution is 2.19. The normalized spacial score (nSPS) is 15.9. The average Bonchev–Trinajstić information content (AvgIpc) is 2.75. The largest absolute Gasteiger partial charge is 0.481 e. The topological polar surface area (TPSA) is 84.6 Å². The number of amides is 1. The number of fused-ring (bicyclic) bond motifs is 1. The molecule has 0 aliphatic carbocycles. The van der Waals surface area contributed by atoms with Gasteiger partial charge in [-0.1, -0.05) is 12.1 Å². The van der Waals surface area contributed by atoms with Crippen molar-refractivity contribution in [2.45, 2.75) is 19.6 Å². The number of anilines is 1. The van der Waals surface area contributed by atoms with E-state index in [9.17, 15) is 9.18 Å². The number of carbonyl (C=O) groups is 1. The summed E-state index contributed by atoms with van der Waals surface area (Å²) in [5.41, 5.74) is 6.91. The Morgan fingerprint density at radius 2 is 1.80 bits per heavy atom. The fourth-order valence-electron chi connectivity index (χ4n) is 3.57. The molecule has 2 aromatic carbocycles. The molecule has 30 heavy (non-hydrogen) atoms. The highest BCUT2D eigenvalue weighted by atomic mass is 19.1. The molecule has 1 saturated heterocycles. The monoisotopic (exact) mass is 409 g/mol. The summed E-state index contributed by atoms with van der Waals surface area (Å²) in [6.45, 7) is 4.91. The standard InChI is InChI=1S/C22H24FN5O2/c1-15(30-17-8-6-16(23)7-9-17)22(29)28-12-10-27(11-13-28)14-20-25-19-5-3-2-4-18(19)21(24)26-20/h2-9,15H,10-14H2,1H3,(H2,24,25,26). The molecule has 3 aromatic rings. The Bertz CT molecular complexity index is 1040. The van der Waals surface area contributed by atoms with E-state index < -0.39 is 6.10 Å². The molecule has 1 aliphatic rings. The molecule has 1 unspecified atom stereocenters. The maximum atomic E-state index is 13.0. The first kappa shape index (κ1) is 20.0. The van der Waals surface area contributed by atoms with E-state index in [2.05, 4.69) is 14.9 Å². The van der Waals surface area contributed by atoms with Gasteiger partial charge in [-0.3, -0.25) is 9.69 Å². The number of halogens is 1. The predicted molar refractivity (Wildman–Crippen MR) is 112 cm³/mol. The van der Waals surface area contributed by atoms with Crippen LogP contribution in [0.1, 0.15) is 12.7 Å². The van der Waals surface area contributed by atoms with Gasteiger partial charge in [0, 0.05) is 31.6 Å². The number of nitrogens with zero attached hydrogens (tertiary/aromatic N) is 4. The quantitative estimate of drug-likeness (QED) is 0.697. The highest BCUT2D eigenvalue weighted by Gasteiger charge is 2.26. The van der Waals surface area contributed by atoms with Gasteiger partial charge in [0.2, 0.25) is 0 Å². The van der Waals surface area contributed by atoms with Gasteiger partial charge in [-0.05, 0) is 43.3 Å². The van der Waals surface area contributed by atoms with Crippen LogP contribution in [-0.4, -0.2) is 58.0 Å². The molecule has 7 nitrogen and oxygen atoms in total. The first-order valence-electron chi connectivity index (χ1n) is 9.94. The zero-order valence-corrected chi connectivity index (χ0v) is 16.8. The van der Waals surface area contributed by atoms with E-state index >= 15 is 0 Å². The Balaban J connectivity index is 1.32. The smallest absolute Gasteiger partial charge is 0.263 e. The van der Waals surface area contributed by atoms with Crippen molar-refractivity contribution in [1.82, 2.24) is 19.8 Å². The minimum Gasteiger partial charge on any atom is -0.481 e. The van der Waals surface area contributed by atoms with E-state index in [1.807, 2.05) is 24.3 Å². The number of hydrogen-bond donors (Lipinski definition) is 1. The summed E-state index contributed by atoms with van der Waals surface area (Å²) in [5, 5.41) is 0.854. The molecule has 0 bridgehead atoms. The molecule has 8 heteroatoms. The molecular formula is C22H24FN5O2. The summed E-state index contributed by atoms with van der Waals surface area (Å²) >= 11 is 0. The van der Waals surface area contributed by atoms with Crippen molar-refractivity contribution in [1.29, 1.82) is 0 Å². The summed E-state index contributed by atoms with van der Waals surface area (Å²) in [7, 11) is 0. The van der Waals surface area contributed by atoms with Crippen LogP contribution in [0.25, 0.3) is 10.9 Å². The van der Waals surface area contributed by atoms with Gasteiger partial charge < -0.3 is 15.4 Å². The van der Waals surface area contributed by atoms with Gasteiger partial charge in [0.05, 0.1) is 12.1 Å². The van der Waals surface area contributed by atoms with Gasteiger partial charge in [0.15, 0.2) is 6.10 Å². The van der Waals surface area contributed by atoms with Crippen molar-refractivity contribution in [3.8, 4) is 5.75 Å². The number of carbonyl (C=O) groups excluding carboxylic acids is 1. The zero-order valence-electron chi connectivity index (χ0n) is 16.8. The average molecular weight is 409 g/mol. The van der Waals surface area contributed by atoms with Crippen molar-refractivity contribution in [2.75, 3.05) is 31.9 Å². The second kappa shape index (κ2) is 8.62. The molecule has 1 aromatic heterocycles. The summed E-state index contributed by atoms with van der Waals surface area (Å²) in [6, 6.07) is 13.3. The first-order valence-corrected chi connectivity index (χ1v) is 9.94. The van der Waals surface area contributed by atoms with Crippen LogP contribution in [0, 0.1) is 5.82 Å². The van der Waals surface area contributed by atoms with E-state index in [0.717, 1.165) is 10.9 Å². The van der Waals surface area contributed by atoms with Crippen molar-refractivity contribution in [2.24, 2.45) is 0 Å². The van der Waals surface area contributed by atoms with Crippen LogP contribution >= 0.6 is 0 Å². The van der Waals surface area contributed by atoms with Crippen molar-refractivity contribution in [3.05, 3.63) is 60.2 Å². The predicted octanol–water partition coefficient (Wildman–Crippen LogP) is 2.46. The van der Waals surface area contributed by atoms with Gasteiger partial charge >= 0.3 is 0 Å². The minimum atomic E-state index is -0.634. The Morgan fingerprint density at radius 1 is 1.10 bits per heavy atom. The second-order valence-corrected chi connectivity index (χ2v) is 7.36. The van der Waals surface area contributed by atoms with E-state index in [1.165, 1.54) is 24.3 Å². The SMILES string of the molecule is CC(Oc1ccc(F)cc1)C(=O)N1CCN(Cc2nc(N)c3ccccc3n2)CC1. The number of nitrogen functional groups attached to an aromatic ring is 1. The van der Waals surface area contributed by atoms with Crippen LogP contribution in [0.5, 0.6) is 5.75 Å². The summed E-state index contributed by atoms with van der Waals surface area (Å²) in [5.74, 6) is 1.22. The third-order valence-electron chi connectivity index (χ3n) is 5.20. The van der Waals surface area contributed by atoms with Crippen LogP contribution in [-0.2, 0) is 11.3 Å². The van der Waals surface area contributed by atoms with Crippen molar-refractivity contribution >= 4 is 22.6 Å². The van der Waals surface area contributed by atoms with Gasteiger partial charge in [0.25, 0.3) is 5.91 Å². The molecule has 2 heterocycles. The molecule has 156 valence electrons. The van der Waals surface area contributed by atoms with Crippen LogP contribution in [0.4, 0.5) is 10.2 Å². The number of para-hydroxylation sites is 1. The number of piperazine rings is 1. The third-order valence-corrected chi connectivity index (χ3v) is 5.20. The molecule has 1 aliphatic heterocycles. The minimum absolute atomic E-state index is 0.0785. The molecule has 0 radical (unpaired) electrons. The van der Waals surface area contributed by atoms with E-state index in [-0.39, 0.29) is 11.7 Å². The fourth-order valence-corrected chi connectivity index (χ4v) is 3.57. The van der Waals surface area contributed by atoms with Gasteiger partial charge in [0.1, 0.15) is 23.2 Å². The lowest BCUT2D eigenvalue weighted by atomic mass is 10.2. The summed E-state index contributed by atoms with van der Waals surface area (Å²) < 4.78 is 18.7. The molecular weight excluding hydrogens is 385 g/mol. The van der Waals surface area contributed by atoms with E-state index in [4.69, 9.17) is 10.5 Å². The molecule has 1 fully saturated rings. The van der Waals surface area contributed by atoms with E-state index in [0.29, 0.717) is 50.1 Å². The lowest BCUT2D eigenvalue weighted by Gasteiger charge is -2.35. The van der Waals surface area contributed by atoms with Crippen LogP contribution in [0.15, 0.2) is 48.5 Å². The molecule has 1 atom stereocenters. The van der Waals surface area contributed by atoms with Crippen molar-refractivity contribution in [3.63, 3.8) is 0 Å². The lowest BCUT2D eigenvalue weighted by molar-refractivity contribution is -0.139. The number of benzene rings is 2. The number of rotatable bonds is 5. The number of nitrogens with two attached hydrogens (primary N) is 1. The molecule has 2 N–H and O–H groups in total. The number of ether oxygens (including phenoxy) is 1. The second-order valence-electron chi connectivity index (χ2n) is 7.36. The highest BCUT2D eigenvalue weighted by molar-refractivity contribution is 5.87. The first-order chi connectivity index (χ1) is 14.5. The van der Waals surface area contributed by atoms with Crippen LogP contribution in [0.3, 0.4) is 0 Å². The maximum absolute atomic E-state index is 13.0. The summed E-state index contributed by atoms with van der Waals surface area (Å²) in [6.07, 6.45) is -0.634. The van der Waals surface area contributed by atoms with Gasteiger partial charge in [-0.25, -0.2) is 14.4 Å². The van der Waals surface area contributed by atoms with Gasteiger partial charge in [-0.15, -0.1) is 0 Å². The molecule has 1 amide bonds. The molecule has 0 saturated carbocycles. The Labute approximate surface area is 174 Å². The zero-order chi connectivity index (χ0) is 21.1. The molecule has 0 spiro atoms. The molecule has 4 rings (SSSR count). The maximum Gasteiger partial charge on any atom is 0.263 e. The number of aromatic nitrogens is 2. The summed E-state index contributed by atoms with van der Waals surface area (Å²) in [4.78, 5) is 25.7. The van der Waals surface area contributed by atoms with Crippen LogP contribution in [0.2, 0.25) is 0 Å². The third kappa shape index (κ3) is 4.49. The Hall–Kier alpha value is -3.26. The van der Waals surface area contributed by atoms with Gasteiger partial charge in [-0.2, -0.15) is 0 Å². The number of hydrogen-bond acceptors (Lipinski definition) is 6. The fraction of sp³-hybridized carbons (Fsp3) is 0.318. The van der Waals surface area contributed by atoms with Crippen molar-refractivity contribution < 1.29 is 13.9 Å².